The van der Waals surface area contributed by atoms with Crippen LogP contribution in [0.3, 0.4) is 0 Å². The molecular weight excluding hydrogens is 360 g/mol. The number of benzene rings is 2. The second-order valence-electron chi connectivity index (χ2n) is 6.87. The van der Waals surface area contributed by atoms with E-state index in [1.807, 2.05) is 24.3 Å². The predicted octanol–water partition coefficient (Wildman–Crippen LogP) is 2.94. The van der Waals surface area contributed by atoms with Crippen molar-refractivity contribution in [2.75, 3.05) is 21.1 Å². The molecule has 144 valence electrons. The Balaban J connectivity index is 1.91. The maximum Gasteiger partial charge on any atom is 0.242 e. The quantitative estimate of drug-likeness (QED) is 0.626. The minimum atomic E-state index is -3.47. The SMILES string of the molecule is CCn1c(CN(C)Cc2ccccc2)nc2cc(S(=O)(=O)N(C)C)ccc21. The van der Waals surface area contributed by atoms with E-state index in [1.165, 1.54) is 24.0 Å². The fraction of sp³-hybridized carbons (Fsp3) is 0.350. The first-order valence-corrected chi connectivity index (χ1v) is 10.4. The molecule has 1 aromatic heterocycles. The molecule has 7 heteroatoms. The summed E-state index contributed by atoms with van der Waals surface area (Å²) in [4.78, 5) is 7.21. The van der Waals surface area contributed by atoms with E-state index in [4.69, 9.17) is 4.98 Å². The van der Waals surface area contributed by atoms with E-state index in [0.29, 0.717) is 12.1 Å². The highest BCUT2D eigenvalue weighted by atomic mass is 32.2. The topological polar surface area (TPSA) is 58.4 Å². The Hall–Kier alpha value is -2.22. The Morgan fingerprint density at radius 1 is 1.00 bits per heavy atom. The van der Waals surface area contributed by atoms with Crippen LogP contribution in [0.5, 0.6) is 0 Å². The maximum absolute atomic E-state index is 12.4. The molecule has 2 aromatic carbocycles. The van der Waals surface area contributed by atoms with Crippen LogP contribution < -0.4 is 0 Å². The molecule has 3 rings (SSSR count). The van der Waals surface area contributed by atoms with Crippen LogP contribution in [0, 0.1) is 0 Å². The van der Waals surface area contributed by atoms with Crippen LogP contribution in [0.4, 0.5) is 0 Å². The first-order chi connectivity index (χ1) is 12.8. The summed E-state index contributed by atoms with van der Waals surface area (Å²) in [5, 5.41) is 0. The number of hydrogen-bond donors (Lipinski definition) is 0. The zero-order chi connectivity index (χ0) is 19.6. The molecule has 0 atom stereocenters. The van der Waals surface area contributed by atoms with Gasteiger partial charge in [0.2, 0.25) is 10.0 Å². The third-order valence-corrected chi connectivity index (χ3v) is 6.41. The number of fused-ring (bicyclic) bond motifs is 1. The van der Waals surface area contributed by atoms with Gasteiger partial charge < -0.3 is 4.57 Å². The third kappa shape index (κ3) is 4.05. The number of aryl methyl sites for hydroxylation is 1. The summed E-state index contributed by atoms with van der Waals surface area (Å²) in [5.41, 5.74) is 2.92. The van der Waals surface area contributed by atoms with Crippen LogP contribution in [-0.2, 0) is 29.7 Å². The number of aromatic nitrogens is 2. The summed E-state index contributed by atoms with van der Waals surface area (Å²) >= 11 is 0. The summed E-state index contributed by atoms with van der Waals surface area (Å²) in [5.74, 6) is 0.935. The minimum Gasteiger partial charge on any atom is -0.327 e. The lowest BCUT2D eigenvalue weighted by Gasteiger charge is -2.17. The predicted molar refractivity (Wildman–Crippen MR) is 108 cm³/mol. The molecule has 3 aromatic rings. The van der Waals surface area contributed by atoms with Crippen molar-refractivity contribution in [1.82, 2.24) is 18.8 Å². The molecule has 0 N–H and O–H groups in total. The van der Waals surface area contributed by atoms with E-state index < -0.39 is 10.0 Å². The average Bonchev–Trinajstić information content (AvgIpc) is 2.98. The molecule has 0 aliphatic carbocycles. The molecule has 0 fully saturated rings. The highest BCUT2D eigenvalue weighted by Crippen LogP contribution is 2.23. The van der Waals surface area contributed by atoms with Gasteiger partial charge in [0, 0.05) is 27.2 Å². The van der Waals surface area contributed by atoms with Crippen molar-refractivity contribution in [1.29, 1.82) is 0 Å². The molecule has 0 aliphatic heterocycles. The molecular formula is C20H26N4O2S. The van der Waals surface area contributed by atoms with E-state index in [2.05, 4.69) is 35.6 Å². The van der Waals surface area contributed by atoms with Gasteiger partial charge in [0.1, 0.15) is 5.82 Å². The van der Waals surface area contributed by atoms with Crippen LogP contribution in [0.25, 0.3) is 11.0 Å². The molecule has 0 spiro atoms. The maximum atomic E-state index is 12.4. The molecule has 0 saturated heterocycles. The number of rotatable bonds is 7. The first kappa shape index (κ1) is 19.5. The van der Waals surface area contributed by atoms with Crippen molar-refractivity contribution in [3.05, 3.63) is 59.9 Å². The summed E-state index contributed by atoms with van der Waals surface area (Å²) in [6, 6.07) is 15.5. The Bertz CT molecular complexity index is 1030. The smallest absolute Gasteiger partial charge is 0.242 e. The molecule has 27 heavy (non-hydrogen) atoms. The average molecular weight is 387 g/mol. The zero-order valence-corrected chi connectivity index (χ0v) is 17.1. The van der Waals surface area contributed by atoms with E-state index in [0.717, 1.165) is 24.4 Å². The molecule has 0 radical (unpaired) electrons. The number of sulfonamides is 1. The normalized spacial score (nSPS) is 12.4. The van der Waals surface area contributed by atoms with Gasteiger partial charge in [-0.3, -0.25) is 4.90 Å². The van der Waals surface area contributed by atoms with Crippen molar-refractivity contribution < 1.29 is 8.42 Å². The van der Waals surface area contributed by atoms with Crippen molar-refractivity contribution in [2.45, 2.75) is 31.5 Å². The largest absolute Gasteiger partial charge is 0.327 e. The summed E-state index contributed by atoms with van der Waals surface area (Å²) in [7, 11) is 1.67. The zero-order valence-electron chi connectivity index (χ0n) is 16.3. The van der Waals surface area contributed by atoms with E-state index in [1.54, 1.807) is 12.1 Å². The molecule has 0 amide bonds. The lowest BCUT2D eigenvalue weighted by Crippen LogP contribution is -2.22. The molecule has 0 bridgehead atoms. The van der Waals surface area contributed by atoms with Gasteiger partial charge in [-0.2, -0.15) is 0 Å². The van der Waals surface area contributed by atoms with Crippen LogP contribution in [0.15, 0.2) is 53.4 Å². The van der Waals surface area contributed by atoms with Gasteiger partial charge in [0.15, 0.2) is 0 Å². The Morgan fingerprint density at radius 3 is 2.33 bits per heavy atom. The molecule has 6 nitrogen and oxygen atoms in total. The van der Waals surface area contributed by atoms with Gasteiger partial charge in [-0.15, -0.1) is 0 Å². The molecule has 1 heterocycles. The van der Waals surface area contributed by atoms with Gasteiger partial charge in [0.25, 0.3) is 0 Å². The van der Waals surface area contributed by atoms with E-state index in [-0.39, 0.29) is 4.90 Å². The Kier molecular flexibility index (Phi) is 5.64. The van der Waals surface area contributed by atoms with Crippen LogP contribution in [0.1, 0.15) is 18.3 Å². The molecule has 0 unspecified atom stereocenters. The molecule has 0 aliphatic rings. The Labute approximate surface area is 161 Å². The van der Waals surface area contributed by atoms with Gasteiger partial charge in [-0.1, -0.05) is 30.3 Å². The van der Waals surface area contributed by atoms with Crippen LogP contribution >= 0.6 is 0 Å². The lowest BCUT2D eigenvalue weighted by molar-refractivity contribution is 0.306. The highest BCUT2D eigenvalue weighted by Gasteiger charge is 2.19. The van der Waals surface area contributed by atoms with Crippen molar-refractivity contribution in [3.8, 4) is 0 Å². The summed E-state index contributed by atoms with van der Waals surface area (Å²) < 4.78 is 28.2. The molecule has 0 saturated carbocycles. The summed E-state index contributed by atoms with van der Waals surface area (Å²) in [6.45, 7) is 4.37. The number of hydrogen-bond acceptors (Lipinski definition) is 4. The monoisotopic (exact) mass is 386 g/mol. The van der Waals surface area contributed by atoms with Gasteiger partial charge in [-0.05, 0) is 37.7 Å². The lowest BCUT2D eigenvalue weighted by atomic mass is 10.2. The third-order valence-electron chi connectivity index (χ3n) is 4.60. The first-order valence-electron chi connectivity index (χ1n) is 8.97. The van der Waals surface area contributed by atoms with Crippen molar-refractivity contribution in [3.63, 3.8) is 0 Å². The Morgan fingerprint density at radius 2 is 1.70 bits per heavy atom. The van der Waals surface area contributed by atoms with Crippen LogP contribution in [0.2, 0.25) is 0 Å². The van der Waals surface area contributed by atoms with E-state index >= 15 is 0 Å². The second-order valence-corrected chi connectivity index (χ2v) is 9.02. The van der Waals surface area contributed by atoms with Gasteiger partial charge >= 0.3 is 0 Å². The fourth-order valence-electron chi connectivity index (χ4n) is 3.20. The minimum absolute atomic E-state index is 0.268. The van der Waals surface area contributed by atoms with Crippen molar-refractivity contribution in [2.24, 2.45) is 0 Å². The fourth-order valence-corrected chi connectivity index (χ4v) is 4.12. The second kappa shape index (κ2) is 7.80. The number of imidazole rings is 1. The van der Waals surface area contributed by atoms with Crippen molar-refractivity contribution >= 4 is 21.1 Å². The van der Waals surface area contributed by atoms with Crippen LogP contribution in [-0.4, -0.2) is 48.3 Å². The summed E-state index contributed by atoms with van der Waals surface area (Å²) in [6.07, 6.45) is 0. The van der Waals surface area contributed by atoms with E-state index in [9.17, 15) is 8.42 Å². The van der Waals surface area contributed by atoms with Gasteiger partial charge in [-0.25, -0.2) is 17.7 Å². The van der Waals surface area contributed by atoms with Gasteiger partial charge in [0.05, 0.1) is 22.5 Å². The standard InChI is InChI=1S/C20H26N4O2S/c1-5-24-19-12-11-17(27(25,26)22(2)3)13-18(19)21-20(24)15-23(4)14-16-9-7-6-8-10-16/h6-13H,5,14-15H2,1-4H3. The number of nitrogens with zero attached hydrogens (tertiary/aromatic N) is 4. The highest BCUT2D eigenvalue weighted by molar-refractivity contribution is 7.89.